The highest BCUT2D eigenvalue weighted by atomic mass is 79.9. The van der Waals surface area contributed by atoms with Gasteiger partial charge < -0.3 is 5.11 Å². The topological polar surface area (TPSA) is 37.3 Å². The van der Waals surface area contributed by atoms with E-state index in [-0.39, 0.29) is 16.4 Å². The maximum Gasteiger partial charge on any atom is 0.240 e. The van der Waals surface area contributed by atoms with E-state index in [4.69, 9.17) is 0 Å². The Morgan fingerprint density at radius 1 is 0.931 bits per heavy atom. The van der Waals surface area contributed by atoms with Crippen molar-refractivity contribution in [3.63, 3.8) is 0 Å². The van der Waals surface area contributed by atoms with Crippen LogP contribution in [0.4, 0.5) is 0 Å². The first-order valence-electron chi connectivity index (χ1n) is 9.69. The molecule has 4 aromatic rings. The van der Waals surface area contributed by atoms with Crippen molar-refractivity contribution >= 4 is 37.4 Å². The van der Waals surface area contributed by atoms with Gasteiger partial charge in [0.1, 0.15) is 5.75 Å². The molecule has 4 heteroatoms. The fourth-order valence-electron chi connectivity index (χ4n) is 3.77. The molecule has 0 saturated carbocycles. The molecule has 4 rings (SSSR count). The third-order valence-electron chi connectivity index (χ3n) is 5.24. The van der Waals surface area contributed by atoms with Crippen molar-refractivity contribution in [2.45, 2.75) is 25.7 Å². The predicted octanol–water partition coefficient (Wildman–Crippen LogP) is 7.33. The van der Waals surface area contributed by atoms with E-state index in [0.717, 1.165) is 44.1 Å². The number of aromatic hydroxyl groups is 1. The second-order valence-corrected chi connectivity index (χ2v) is 9.05. The summed E-state index contributed by atoms with van der Waals surface area (Å²) in [7, 11) is 0. The molecule has 2 nitrogen and oxygen atoms in total. The van der Waals surface area contributed by atoms with Crippen LogP contribution in [0.25, 0.3) is 21.2 Å². The molecule has 3 aromatic carbocycles. The minimum atomic E-state index is -0.118. The van der Waals surface area contributed by atoms with Crippen molar-refractivity contribution < 1.29 is 5.11 Å². The molecule has 1 atom stereocenters. The highest BCUT2D eigenvalue weighted by Gasteiger charge is 2.23. The highest BCUT2D eigenvalue weighted by molar-refractivity contribution is 9.10. The summed E-state index contributed by atoms with van der Waals surface area (Å²) in [5, 5.41) is 11.7. The van der Waals surface area contributed by atoms with E-state index < -0.39 is 0 Å². The van der Waals surface area contributed by atoms with E-state index in [1.165, 1.54) is 11.3 Å². The maximum atomic E-state index is 12.9. The summed E-state index contributed by atoms with van der Waals surface area (Å²) in [6.45, 7) is 2.11. The molecule has 0 aliphatic rings. The van der Waals surface area contributed by atoms with Crippen LogP contribution in [0.15, 0.2) is 82.1 Å². The monoisotopic (exact) mass is 464 g/mol. The number of rotatable bonds is 5. The van der Waals surface area contributed by atoms with Gasteiger partial charge in [-0.1, -0.05) is 89.1 Å². The van der Waals surface area contributed by atoms with E-state index in [2.05, 4.69) is 59.3 Å². The van der Waals surface area contributed by atoms with Gasteiger partial charge in [-0.15, -0.1) is 0 Å². The average molecular weight is 465 g/mol. The third-order valence-corrected chi connectivity index (χ3v) is 6.75. The number of fused-ring (bicyclic) bond motifs is 1. The number of hydrogen-bond acceptors (Lipinski definition) is 3. The van der Waals surface area contributed by atoms with Crippen molar-refractivity contribution in [2.75, 3.05) is 0 Å². The van der Waals surface area contributed by atoms with Crippen LogP contribution in [0.3, 0.4) is 0 Å². The van der Waals surface area contributed by atoms with Gasteiger partial charge >= 0.3 is 0 Å². The van der Waals surface area contributed by atoms with Crippen LogP contribution in [0, 0.1) is 0 Å². The van der Waals surface area contributed by atoms with Crippen LogP contribution in [0.5, 0.6) is 5.75 Å². The second-order valence-electron chi connectivity index (χ2n) is 7.12. The SMILES string of the molecule is CCCC(c1ccc(-c2ccc(Br)cc2)cc1)c1c(O)c2ccccc2sc1=O. The first-order valence-corrected chi connectivity index (χ1v) is 11.3. The van der Waals surface area contributed by atoms with Crippen LogP contribution in [0.2, 0.25) is 0 Å². The molecule has 1 N–H and O–H groups in total. The summed E-state index contributed by atoms with van der Waals surface area (Å²) in [5.74, 6) is 0.00658. The summed E-state index contributed by atoms with van der Waals surface area (Å²) < 4.78 is 1.81. The maximum absolute atomic E-state index is 12.9. The average Bonchev–Trinajstić information content (AvgIpc) is 2.74. The molecule has 0 aliphatic carbocycles. The van der Waals surface area contributed by atoms with Crippen molar-refractivity contribution in [3.05, 3.63) is 97.9 Å². The van der Waals surface area contributed by atoms with Crippen molar-refractivity contribution in [2.24, 2.45) is 0 Å². The van der Waals surface area contributed by atoms with Crippen molar-refractivity contribution in [1.29, 1.82) is 0 Å². The Morgan fingerprint density at radius 3 is 2.21 bits per heavy atom. The highest BCUT2D eigenvalue weighted by Crippen LogP contribution is 2.38. The number of hydrogen-bond donors (Lipinski definition) is 1. The molecule has 0 radical (unpaired) electrons. The van der Waals surface area contributed by atoms with Gasteiger partial charge in [0.25, 0.3) is 0 Å². The van der Waals surface area contributed by atoms with Crippen LogP contribution >= 0.6 is 27.3 Å². The molecule has 0 bridgehead atoms. The van der Waals surface area contributed by atoms with E-state index in [1.54, 1.807) is 0 Å². The molecule has 0 fully saturated rings. The van der Waals surface area contributed by atoms with Crippen LogP contribution in [-0.2, 0) is 0 Å². The fraction of sp³-hybridized carbons (Fsp3) is 0.160. The zero-order valence-corrected chi connectivity index (χ0v) is 18.5. The van der Waals surface area contributed by atoms with Gasteiger partial charge in [-0.2, -0.15) is 0 Å². The summed E-state index contributed by atoms with van der Waals surface area (Å²) >= 11 is 4.68. The zero-order chi connectivity index (χ0) is 20.4. The number of benzene rings is 3. The van der Waals surface area contributed by atoms with Crippen LogP contribution < -0.4 is 4.74 Å². The lowest BCUT2D eigenvalue weighted by atomic mass is 9.87. The summed E-state index contributed by atoms with van der Waals surface area (Å²) in [6, 6.07) is 24.1. The molecule has 0 aliphatic heterocycles. The summed E-state index contributed by atoms with van der Waals surface area (Å²) in [5.41, 5.74) is 3.85. The van der Waals surface area contributed by atoms with Gasteiger partial charge in [0.05, 0.1) is 5.56 Å². The zero-order valence-electron chi connectivity index (χ0n) is 16.1. The molecule has 1 heterocycles. The van der Waals surface area contributed by atoms with E-state index in [0.29, 0.717) is 5.56 Å². The van der Waals surface area contributed by atoms with Gasteiger partial charge in [-0.25, -0.2) is 0 Å². The minimum absolute atomic E-state index is 0.0587. The van der Waals surface area contributed by atoms with Gasteiger partial charge in [-0.3, -0.25) is 4.79 Å². The standard InChI is InChI=1S/C25H21BrO2S/c1-2-5-20(23-24(27)21-6-3-4-7-22(21)29-25(23)28)18-10-8-16(9-11-18)17-12-14-19(26)15-13-17/h3-4,6-15,20,27H,2,5H2,1H3. The smallest absolute Gasteiger partial charge is 0.240 e. The van der Waals surface area contributed by atoms with Crippen molar-refractivity contribution in [3.8, 4) is 16.9 Å². The molecule has 0 amide bonds. The quantitative estimate of drug-likeness (QED) is 0.335. The van der Waals surface area contributed by atoms with Gasteiger partial charge in [0, 0.05) is 20.5 Å². The van der Waals surface area contributed by atoms with Crippen LogP contribution in [-0.4, -0.2) is 5.11 Å². The minimum Gasteiger partial charge on any atom is -0.507 e. The Morgan fingerprint density at radius 2 is 1.55 bits per heavy atom. The van der Waals surface area contributed by atoms with Gasteiger partial charge in [0.15, 0.2) is 0 Å². The molecular weight excluding hydrogens is 444 g/mol. The third kappa shape index (κ3) is 4.00. The lowest BCUT2D eigenvalue weighted by molar-refractivity contribution is 0.468. The Bertz CT molecular complexity index is 1190. The molecule has 1 aromatic heterocycles. The molecule has 1 unspecified atom stereocenters. The van der Waals surface area contributed by atoms with Crippen molar-refractivity contribution in [1.82, 2.24) is 0 Å². The summed E-state index contributed by atoms with van der Waals surface area (Å²) in [4.78, 5) is 12.9. The molecule has 29 heavy (non-hydrogen) atoms. The molecular formula is C25H21BrO2S. The first-order chi connectivity index (χ1) is 14.1. The fourth-order valence-corrected chi connectivity index (χ4v) is 5.01. The van der Waals surface area contributed by atoms with Gasteiger partial charge in [-0.05, 0) is 47.4 Å². The van der Waals surface area contributed by atoms with E-state index >= 15 is 0 Å². The van der Waals surface area contributed by atoms with E-state index in [1.807, 2.05) is 36.4 Å². The molecule has 0 saturated heterocycles. The van der Waals surface area contributed by atoms with Gasteiger partial charge in [0.2, 0.25) is 4.74 Å². The normalized spacial score (nSPS) is 12.2. The van der Waals surface area contributed by atoms with Crippen LogP contribution in [0.1, 0.15) is 36.8 Å². The number of halogens is 1. The van der Waals surface area contributed by atoms with E-state index in [9.17, 15) is 9.90 Å². The molecule has 0 spiro atoms. The largest absolute Gasteiger partial charge is 0.507 e. The summed E-state index contributed by atoms with van der Waals surface area (Å²) in [6.07, 6.45) is 1.74. The predicted molar refractivity (Wildman–Crippen MR) is 126 cm³/mol. The first kappa shape index (κ1) is 19.9. The lowest BCUT2D eigenvalue weighted by Gasteiger charge is -2.19. The lowest BCUT2D eigenvalue weighted by Crippen LogP contribution is -2.12. The Labute approximate surface area is 182 Å². The Kier molecular flexibility index (Phi) is 5.84. The molecule has 146 valence electrons. The Balaban J connectivity index is 1.78. The Hall–Kier alpha value is -2.43. The second kappa shape index (κ2) is 8.52.